The fraction of sp³-hybridized carbons (Fsp3) is 0.292. The number of likely N-dealkylation sites (tertiary alicyclic amines) is 1. The molecular weight excluding hydrogens is 462 g/mol. The van der Waals surface area contributed by atoms with E-state index in [1.54, 1.807) is 37.4 Å². The maximum absolute atomic E-state index is 13.2. The van der Waals surface area contributed by atoms with Gasteiger partial charge in [-0.15, -0.1) is 0 Å². The summed E-state index contributed by atoms with van der Waals surface area (Å²) in [6.07, 6.45) is 3.64. The van der Waals surface area contributed by atoms with Gasteiger partial charge in [0.05, 0.1) is 12.7 Å². The van der Waals surface area contributed by atoms with Crippen molar-refractivity contribution in [2.45, 2.75) is 25.0 Å². The third-order valence-electron chi connectivity index (χ3n) is 6.09. The number of hydrogen-bond donors (Lipinski definition) is 0. The zero-order chi connectivity index (χ0) is 22.3. The van der Waals surface area contributed by atoms with Crippen molar-refractivity contribution in [3.05, 3.63) is 69.7 Å². The van der Waals surface area contributed by atoms with Crippen molar-refractivity contribution in [1.82, 2.24) is 4.90 Å². The molecule has 0 spiro atoms. The number of allylic oxidation sites excluding steroid dienone is 1. The number of piperidine rings is 1. The highest BCUT2D eigenvalue weighted by Gasteiger charge is 2.54. The second-order valence-electron chi connectivity index (χ2n) is 7.99. The van der Waals surface area contributed by atoms with Gasteiger partial charge in [0.15, 0.2) is 11.5 Å². The summed E-state index contributed by atoms with van der Waals surface area (Å²) >= 11 is 3.48. The number of fused-ring (bicyclic) bond motifs is 4. The number of nitrogens with zero attached hydrogens (tertiary/aromatic N) is 1. The van der Waals surface area contributed by atoms with Crippen LogP contribution < -0.4 is 4.74 Å². The second-order valence-corrected chi connectivity index (χ2v) is 8.91. The summed E-state index contributed by atoms with van der Waals surface area (Å²) in [5.41, 5.74) is 1.26. The minimum atomic E-state index is -0.819. The number of rotatable bonds is 4. The van der Waals surface area contributed by atoms with Crippen LogP contribution in [0.1, 0.15) is 40.7 Å². The average molecular weight is 484 g/mol. The summed E-state index contributed by atoms with van der Waals surface area (Å²) in [5, 5.41) is 0. The molecule has 2 aliphatic heterocycles. The molecule has 2 bridgehead atoms. The van der Waals surface area contributed by atoms with Gasteiger partial charge in [-0.3, -0.25) is 9.59 Å². The summed E-state index contributed by atoms with van der Waals surface area (Å²) in [7, 11) is 3.00. The van der Waals surface area contributed by atoms with E-state index in [-0.39, 0.29) is 17.6 Å². The van der Waals surface area contributed by atoms with Crippen molar-refractivity contribution in [2.24, 2.45) is 5.92 Å². The molecule has 0 radical (unpaired) electrons. The number of benzene rings is 2. The number of carbonyl (C=O) groups is 3. The van der Waals surface area contributed by atoms with E-state index >= 15 is 0 Å². The zero-order valence-electron chi connectivity index (χ0n) is 17.4. The third-order valence-corrected chi connectivity index (χ3v) is 6.58. The Balaban J connectivity index is 1.63. The predicted molar refractivity (Wildman–Crippen MR) is 119 cm³/mol. The zero-order valence-corrected chi connectivity index (χ0v) is 19.0. The van der Waals surface area contributed by atoms with Crippen molar-refractivity contribution in [3.63, 3.8) is 0 Å². The van der Waals surface area contributed by atoms with Gasteiger partial charge >= 0.3 is 5.97 Å². The van der Waals surface area contributed by atoms with Crippen molar-refractivity contribution < 1.29 is 23.9 Å². The van der Waals surface area contributed by atoms with E-state index in [0.29, 0.717) is 17.7 Å². The Morgan fingerprint density at radius 3 is 2.61 bits per heavy atom. The number of carbonyl (C=O) groups excluding carboxylic acids is 3. The number of halogens is 1. The highest BCUT2D eigenvalue weighted by Crippen LogP contribution is 2.50. The van der Waals surface area contributed by atoms with Crippen LogP contribution in [0.4, 0.5) is 0 Å². The fourth-order valence-corrected chi connectivity index (χ4v) is 4.64. The molecule has 7 heteroatoms. The van der Waals surface area contributed by atoms with Crippen LogP contribution in [0.5, 0.6) is 5.75 Å². The Kier molecular flexibility index (Phi) is 5.47. The number of esters is 1. The molecule has 0 N–H and O–H groups in total. The van der Waals surface area contributed by atoms with Gasteiger partial charge in [-0.05, 0) is 54.5 Å². The van der Waals surface area contributed by atoms with Crippen LogP contribution in [0.3, 0.4) is 0 Å². The van der Waals surface area contributed by atoms with Gasteiger partial charge in [-0.2, -0.15) is 0 Å². The Bertz CT molecular complexity index is 1090. The van der Waals surface area contributed by atoms with Crippen LogP contribution >= 0.6 is 15.9 Å². The largest absolute Gasteiger partial charge is 0.468 e. The van der Waals surface area contributed by atoms with E-state index in [2.05, 4.69) is 15.9 Å². The van der Waals surface area contributed by atoms with Gasteiger partial charge in [0, 0.05) is 23.9 Å². The average Bonchev–Trinajstić information content (AvgIpc) is 2.76. The molecule has 3 unspecified atom stereocenters. The SMILES string of the molecule is COC(=O)c1ccc(C=CC(=O)C2C(=O)N(C)C3(C)CC2c2cc(Br)ccc2O3)cc1. The topological polar surface area (TPSA) is 72.9 Å². The predicted octanol–water partition coefficient (Wildman–Crippen LogP) is 4.19. The van der Waals surface area contributed by atoms with Crippen LogP contribution in [0.15, 0.2) is 53.0 Å². The first kappa shape index (κ1) is 21.3. The molecule has 4 rings (SSSR count). The van der Waals surface area contributed by atoms with Crippen LogP contribution in [0, 0.1) is 5.92 Å². The Morgan fingerprint density at radius 2 is 1.94 bits per heavy atom. The van der Waals surface area contributed by atoms with E-state index in [0.717, 1.165) is 15.6 Å². The van der Waals surface area contributed by atoms with E-state index in [1.807, 2.05) is 25.1 Å². The molecule has 160 valence electrons. The molecular formula is C24H22BrNO5. The molecule has 0 aromatic heterocycles. The highest BCUT2D eigenvalue weighted by atomic mass is 79.9. The van der Waals surface area contributed by atoms with Gasteiger partial charge in [0.25, 0.3) is 0 Å². The molecule has 2 aromatic rings. The van der Waals surface area contributed by atoms with Crippen LogP contribution in [0.25, 0.3) is 6.08 Å². The minimum Gasteiger partial charge on any atom is -0.468 e. The van der Waals surface area contributed by atoms with Crippen molar-refractivity contribution in [2.75, 3.05) is 14.2 Å². The van der Waals surface area contributed by atoms with Crippen LogP contribution in [-0.2, 0) is 14.3 Å². The molecule has 0 saturated carbocycles. The maximum Gasteiger partial charge on any atom is 0.337 e. The van der Waals surface area contributed by atoms with E-state index in [1.165, 1.54) is 18.1 Å². The van der Waals surface area contributed by atoms with Crippen LogP contribution in [-0.4, -0.2) is 42.4 Å². The Hall–Kier alpha value is -2.93. The molecule has 2 heterocycles. The number of methoxy groups -OCH3 is 1. The molecule has 1 amide bonds. The standard InChI is InChI=1S/C24H22BrNO5/c1-24-13-18(17-12-16(25)9-11-20(17)31-24)21(22(28)26(24)2)19(27)10-6-14-4-7-15(8-5-14)23(29)30-3/h4-12,18,21H,13H2,1-3H3. The molecule has 1 fully saturated rings. The van der Waals surface area contributed by atoms with Gasteiger partial charge in [-0.1, -0.05) is 34.1 Å². The lowest BCUT2D eigenvalue weighted by Gasteiger charge is -2.51. The lowest BCUT2D eigenvalue weighted by Crippen LogP contribution is -2.62. The molecule has 1 saturated heterocycles. The van der Waals surface area contributed by atoms with Crippen molar-refractivity contribution >= 4 is 39.7 Å². The highest BCUT2D eigenvalue weighted by molar-refractivity contribution is 9.10. The van der Waals surface area contributed by atoms with Crippen molar-refractivity contribution in [1.29, 1.82) is 0 Å². The number of ketones is 1. The molecule has 31 heavy (non-hydrogen) atoms. The van der Waals surface area contributed by atoms with Gasteiger partial charge in [-0.25, -0.2) is 4.79 Å². The summed E-state index contributed by atoms with van der Waals surface area (Å²) in [5.74, 6) is -1.32. The first-order valence-electron chi connectivity index (χ1n) is 9.90. The lowest BCUT2D eigenvalue weighted by atomic mass is 9.72. The Morgan fingerprint density at radius 1 is 1.23 bits per heavy atom. The summed E-state index contributed by atoms with van der Waals surface area (Å²) < 4.78 is 11.7. The number of amides is 1. The van der Waals surface area contributed by atoms with Crippen molar-refractivity contribution in [3.8, 4) is 5.75 Å². The summed E-state index contributed by atoms with van der Waals surface area (Å²) in [6.45, 7) is 1.88. The molecule has 3 atom stereocenters. The number of hydrogen-bond acceptors (Lipinski definition) is 5. The smallest absolute Gasteiger partial charge is 0.337 e. The first-order chi connectivity index (χ1) is 14.7. The van der Waals surface area contributed by atoms with Gasteiger partial charge < -0.3 is 14.4 Å². The minimum absolute atomic E-state index is 0.250. The van der Waals surface area contributed by atoms with E-state index in [9.17, 15) is 14.4 Å². The first-order valence-corrected chi connectivity index (χ1v) is 10.7. The third kappa shape index (κ3) is 3.78. The lowest BCUT2D eigenvalue weighted by molar-refractivity contribution is -0.170. The molecule has 2 aromatic carbocycles. The van der Waals surface area contributed by atoms with E-state index in [4.69, 9.17) is 9.47 Å². The summed E-state index contributed by atoms with van der Waals surface area (Å²) in [6, 6.07) is 12.4. The number of ether oxygens (including phenoxy) is 2. The quantitative estimate of drug-likeness (QED) is 0.370. The van der Waals surface area contributed by atoms with E-state index < -0.39 is 17.6 Å². The summed E-state index contributed by atoms with van der Waals surface area (Å²) in [4.78, 5) is 39.5. The second kappa shape index (κ2) is 7.96. The molecule has 2 aliphatic rings. The maximum atomic E-state index is 13.2. The monoisotopic (exact) mass is 483 g/mol. The Labute approximate surface area is 189 Å². The van der Waals surface area contributed by atoms with Crippen LogP contribution in [0.2, 0.25) is 0 Å². The van der Waals surface area contributed by atoms with Gasteiger partial charge in [0.2, 0.25) is 5.91 Å². The fourth-order valence-electron chi connectivity index (χ4n) is 4.27. The molecule has 6 nitrogen and oxygen atoms in total. The molecule has 0 aliphatic carbocycles. The normalized spacial score (nSPS) is 24.5. The van der Waals surface area contributed by atoms with Gasteiger partial charge in [0.1, 0.15) is 11.7 Å².